The van der Waals surface area contributed by atoms with Crippen molar-refractivity contribution in [2.24, 2.45) is 22.9 Å². The minimum Gasteiger partial charge on any atom is -0.457 e. The first-order valence-electron chi connectivity index (χ1n) is 16.2. The first-order chi connectivity index (χ1) is 21.8. The van der Waals surface area contributed by atoms with Gasteiger partial charge in [0.15, 0.2) is 0 Å². The summed E-state index contributed by atoms with van der Waals surface area (Å²) in [5.74, 6) is -1.60. The van der Waals surface area contributed by atoms with E-state index in [1.165, 1.54) is 0 Å². The van der Waals surface area contributed by atoms with Gasteiger partial charge in [0.2, 0.25) is 0 Å². The Morgan fingerprint density at radius 2 is 1.89 bits per heavy atom. The van der Waals surface area contributed by atoms with Crippen LogP contribution >= 0.6 is 0 Å². The van der Waals surface area contributed by atoms with Crippen LogP contribution in [0.25, 0.3) is 0 Å². The number of hydrogen-bond acceptors (Lipinski definition) is 10. The first-order valence-corrected chi connectivity index (χ1v) is 16.2. The van der Waals surface area contributed by atoms with Gasteiger partial charge in [-0.3, -0.25) is 4.79 Å². The van der Waals surface area contributed by atoms with E-state index in [4.69, 9.17) is 18.9 Å². The molecule has 1 saturated heterocycles. The van der Waals surface area contributed by atoms with Crippen molar-refractivity contribution in [3.05, 3.63) is 76.8 Å². The number of nitrogens with zero attached hydrogens (tertiary/aromatic N) is 1. The number of esters is 2. The summed E-state index contributed by atoms with van der Waals surface area (Å²) in [6, 6.07) is 8.46. The highest BCUT2D eigenvalue weighted by Crippen LogP contribution is 2.37. The van der Waals surface area contributed by atoms with Gasteiger partial charge >= 0.3 is 11.9 Å². The molecule has 3 rings (SSSR count). The number of hydrogen-bond donors (Lipinski definition) is 2. The van der Waals surface area contributed by atoms with Crippen LogP contribution in [0.3, 0.4) is 0 Å². The van der Waals surface area contributed by atoms with Crippen molar-refractivity contribution in [3.63, 3.8) is 0 Å². The second-order valence-corrected chi connectivity index (χ2v) is 12.9. The van der Waals surface area contributed by atoms with Crippen LogP contribution in [0.1, 0.15) is 77.6 Å². The number of carbonyl (C=O) groups is 2. The van der Waals surface area contributed by atoms with Crippen LogP contribution in [0.15, 0.2) is 71.5 Å². The Morgan fingerprint density at radius 1 is 1.20 bits per heavy atom. The molecule has 10 nitrogen and oxygen atoms in total. The monoisotopic (exact) mass is 641 g/mol. The summed E-state index contributed by atoms with van der Waals surface area (Å²) in [7, 11) is 1.69. The van der Waals surface area contributed by atoms with Crippen molar-refractivity contribution in [1.29, 1.82) is 0 Å². The lowest BCUT2D eigenvalue weighted by Gasteiger charge is -2.31. The van der Waals surface area contributed by atoms with Crippen LogP contribution in [0, 0.1) is 22.7 Å². The first kappa shape index (κ1) is 37.3. The third-order valence-corrected chi connectivity index (χ3v) is 9.25. The molecule has 0 bridgehead atoms. The Morgan fingerprint density at radius 3 is 2.52 bits per heavy atom. The summed E-state index contributed by atoms with van der Waals surface area (Å²) < 4.78 is 23.0. The number of aliphatic hydroxyl groups excluding tert-OH is 2. The molecule has 1 aromatic carbocycles. The molecule has 10 unspecified atom stereocenters. The molecule has 2 aliphatic heterocycles. The van der Waals surface area contributed by atoms with Crippen LogP contribution in [-0.4, -0.2) is 77.5 Å². The predicted octanol–water partition coefficient (Wildman–Crippen LogP) is 5.71. The van der Waals surface area contributed by atoms with E-state index < -0.39 is 47.8 Å². The number of rotatable bonds is 12. The third kappa shape index (κ3) is 9.91. The molecule has 0 aliphatic carbocycles. The summed E-state index contributed by atoms with van der Waals surface area (Å²) >= 11 is 0. The number of carbonyl (C=O) groups excluding carboxylic acids is 2. The zero-order valence-electron chi connectivity index (χ0n) is 28.1. The molecular weight excluding hydrogens is 590 g/mol. The molecule has 2 heterocycles. The van der Waals surface area contributed by atoms with Gasteiger partial charge < -0.3 is 29.2 Å². The average Bonchev–Trinajstić information content (AvgIpc) is 3.85. The van der Waals surface area contributed by atoms with Crippen LogP contribution in [0.2, 0.25) is 0 Å². The molecule has 11 atom stereocenters. The number of aliphatic hydroxyl groups is 2. The van der Waals surface area contributed by atoms with Crippen molar-refractivity contribution in [1.82, 2.24) is 0 Å². The van der Waals surface area contributed by atoms with E-state index >= 15 is 0 Å². The molecule has 0 radical (unpaired) electrons. The number of benzene rings is 1. The van der Waals surface area contributed by atoms with Gasteiger partial charge in [-0.2, -0.15) is 4.91 Å². The molecule has 254 valence electrons. The smallest absolute Gasteiger partial charge is 0.338 e. The lowest BCUT2D eigenvalue weighted by Crippen LogP contribution is -2.41. The lowest BCUT2D eigenvalue weighted by molar-refractivity contribution is -0.151. The topological polar surface area (TPSA) is 144 Å². The number of cyclic esters (lactones) is 1. The van der Waals surface area contributed by atoms with Crippen molar-refractivity contribution in [3.8, 4) is 0 Å². The summed E-state index contributed by atoms with van der Waals surface area (Å²) in [6.07, 6.45) is 5.93. The van der Waals surface area contributed by atoms with Gasteiger partial charge in [-0.15, -0.1) is 0 Å². The van der Waals surface area contributed by atoms with Crippen molar-refractivity contribution >= 4 is 11.9 Å². The highest BCUT2D eigenvalue weighted by molar-refractivity contribution is 5.89. The summed E-state index contributed by atoms with van der Waals surface area (Å²) in [5, 5.41) is 24.8. The molecule has 1 aromatic rings. The van der Waals surface area contributed by atoms with Gasteiger partial charge in [0.05, 0.1) is 36.4 Å². The maximum atomic E-state index is 13.0. The van der Waals surface area contributed by atoms with Gasteiger partial charge in [0.25, 0.3) is 0 Å². The quantitative estimate of drug-likeness (QED) is 0.0963. The average molecular weight is 642 g/mol. The van der Waals surface area contributed by atoms with Crippen LogP contribution in [-0.2, 0) is 23.7 Å². The SMILES string of the molecule is CCC(OC)C(C)C1OC1[C@@H](O)C(C)/C=C/C=C(\C)C1OC(=O)CC(O)CCC(C)(N=O)C(OC(=O)c2ccccc2)/C=C/C1C. The second kappa shape index (κ2) is 17.1. The Kier molecular flexibility index (Phi) is 13.9. The van der Waals surface area contributed by atoms with E-state index in [0.717, 1.165) is 12.0 Å². The predicted molar refractivity (Wildman–Crippen MR) is 175 cm³/mol. The molecule has 46 heavy (non-hydrogen) atoms. The second-order valence-electron chi connectivity index (χ2n) is 12.9. The van der Waals surface area contributed by atoms with Crippen LogP contribution in [0.5, 0.6) is 0 Å². The van der Waals surface area contributed by atoms with E-state index in [9.17, 15) is 24.7 Å². The number of allylic oxidation sites excluding steroid dienone is 2. The Labute approximate surface area is 272 Å². The van der Waals surface area contributed by atoms with E-state index in [2.05, 4.69) is 19.0 Å². The Balaban J connectivity index is 1.79. The highest BCUT2D eigenvalue weighted by atomic mass is 16.6. The van der Waals surface area contributed by atoms with Crippen LogP contribution < -0.4 is 0 Å². The van der Waals surface area contributed by atoms with E-state index in [0.29, 0.717) is 5.56 Å². The van der Waals surface area contributed by atoms with Gasteiger partial charge in [0.1, 0.15) is 23.9 Å². The van der Waals surface area contributed by atoms with Gasteiger partial charge in [0, 0.05) is 24.9 Å². The minimum absolute atomic E-state index is 0.0567. The maximum Gasteiger partial charge on any atom is 0.338 e. The van der Waals surface area contributed by atoms with Crippen molar-refractivity contribution in [2.45, 2.75) is 115 Å². The van der Waals surface area contributed by atoms with E-state index in [1.54, 1.807) is 56.5 Å². The zero-order valence-corrected chi connectivity index (χ0v) is 28.1. The summed E-state index contributed by atoms with van der Waals surface area (Å²) in [4.78, 5) is 37.9. The third-order valence-electron chi connectivity index (χ3n) is 9.25. The number of ether oxygens (including phenoxy) is 4. The molecule has 0 aromatic heterocycles. The Hall–Kier alpha value is -3.18. The zero-order chi connectivity index (χ0) is 34.0. The molecule has 10 heteroatoms. The van der Waals surface area contributed by atoms with Gasteiger partial charge in [-0.1, -0.05) is 75.4 Å². The number of methoxy groups -OCH3 is 1. The lowest BCUT2D eigenvalue weighted by atomic mass is 9.86. The molecule has 0 spiro atoms. The molecular formula is C36H51NO9. The normalized spacial score (nSPS) is 32.6. The molecule has 1 fully saturated rings. The fraction of sp³-hybridized carbons (Fsp3) is 0.611. The summed E-state index contributed by atoms with van der Waals surface area (Å²) in [6.45, 7) is 11.3. The van der Waals surface area contributed by atoms with Crippen LogP contribution in [0.4, 0.5) is 0 Å². The largest absolute Gasteiger partial charge is 0.457 e. The van der Waals surface area contributed by atoms with E-state index in [1.807, 2.05) is 39.0 Å². The maximum absolute atomic E-state index is 13.0. The van der Waals surface area contributed by atoms with E-state index in [-0.39, 0.29) is 49.4 Å². The van der Waals surface area contributed by atoms with Crippen molar-refractivity contribution < 1.29 is 38.7 Å². The highest BCUT2D eigenvalue weighted by Gasteiger charge is 2.50. The number of epoxide rings is 1. The van der Waals surface area contributed by atoms with Gasteiger partial charge in [-0.25, -0.2) is 4.79 Å². The fourth-order valence-corrected chi connectivity index (χ4v) is 6.00. The molecule has 2 N–H and O–H groups in total. The van der Waals surface area contributed by atoms with Crippen molar-refractivity contribution in [2.75, 3.05) is 7.11 Å². The minimum atomic E-state index is -1.38. The standard InChI is InChI=1S/C36H51NO9/c1-8-28(43-7)25(5)33-34(46-33)31(40)22(2)13-12-14-23(3)32-24(4)17-18-29(44-35(41)26-15-10-9-11-16-26)36(6,37-42)20-19-27(38)21-30(39)45-32/h9-18,22,24-25,27-29,31-34,38,40H,8,19-21H2,1-7H3/b13-12+,18-17+,23-14+/t22?,24?,25?,27?,28?,29?,31-,32?,33?,34?,36?/m0/s1. The fourth-order valence-electron chi connectivity index (χ4n) is 6.00. The summed E-state index contributed by atoms with van der Waals surface area (Å²) in [5.41, 5.74) is -0.323. The molecule has 2 aliphatic rings. The Bertz CT molecular complexity index is 1240. The number of nitroso groups, excluding NO2 is 1. The molecule has 0 amide bonds. The molecule has 0 saturated carbocycles. The van der Waals surface area contributed by atoms with Gasteiger partial charge in [-0.05, 0) is 56.9 Å².